The van der Waals surface area contributed by atoms with Crippen molar-refractivity contribution in [1.82, 2.24) is 15.1 Å². The summed E-state index contributed by atoms with van der Waals surface area (Å²) in [6.45, 7) is 4.70. The zero-order valence-corrected chi connectivity index (χ0v) is 16.7. The number of rotatable bonds is 8. The van der Waals surface area contributed by atoms with Crippen molar-refractivity contribution in [2.45, 2.75) is 64.6 Å². The normalized spacial score (nSPS) is 15.2. The van der Waals surface area contributed by atoms with Gasteiger partial charge in [-0.05, 0) is 51.4 Å². The monoisotopic (exact) mass is 377 g/mol. The van der Waals surface area contributed by atoms with Gasteiger partial charge in [0.2, 0.25) is 11.8 Å². The quantitative estimate of drug-likeness (QED) is 0.758. The molecule has 0 aliphatic heterocycles. The number of amides is 2. The first-order valence-electron chi connectivity index (χ1n) is 9.87. The summed E-state index contributed by atoms with van der Waals surface area (Å²) in [5, 5.41) is 2.84. The molecule has 150 valence electrons. The molecule has 5 nitrogen and oxygen atoms in total. The summed E-state index contributed by atoms with van der Waals surface area (Å²) in [6.07, 6.45) is 5.48. The van der Waals surface area contributed by atoms with Crippen LogP contribution in [-0.2, 0) is 16.1 Å². The highest BCUT2D eigenvalue weighted by Crippen LogP contribution is 2.24. The lowest BCUT2D eigenvalue weighted by molar-refractivity contribution is -0.136. The molecular formula is C21H32FN3O2. The van der Waals surface area contributed by atoms with Gasteiger partial charge < -0.3 is 10.2 Å². The number of halogens is 1. The minimum absolute atomic E-state index is 0.0195. The zero-order chi connectivity index (χ0) is 19.8. The maximum absolute atomic E-state index is 13.2. The van der Waals surface area contributed by atoms with Crippen molar-refractivity contribution in [3.63, 3.8) is 0 Å². The highest BCUT2D eigenvalue weighted by Gasteiger charge is 2.26. The lowest BCUT2D eigenvalue weighted by Gasteiger charge is -2.35. The van der Waals surface area contributed by atoms with E-state index >= 15 is 0 Å². The predicted octanol–water partition coefficient (Wildman–Crippen LogP) is 2.94. The van der Waals surface area contributed by atoms with E-state index in [4.69, 9.17) is 0 Å². The van der Waals surface area contributed by atoms with E-state index in [0.717, 1.165) is 31.2 Å². The van der Waals surface area contributed by atoms with E-state index < -0.39 is 0 Å². The van der Waals surface area contributed by atoms with Gasteiger partial charge in [-0.2, -0.15) is 0 Å². The molecule has 27 heavy (non-hydrogen) atoms. The van der Waals surface area contributed by atoms with Gasteiger partial charge in [0.15, 0.2) is 0 Å². The molecule has 1 aliphatic rings. The number of nitrogens with one attached hydrogen (secondary N) is 1. The average Bonchev–Trinajstić information content (AvgIpc) is 2.60. The van der Waals surface area contributed by atoms with Gasteiger partial charge in [0.25, 0.3) is 0 Å². The maximum Gasteiger partial charge on any atom is 0.237 e. The van der Waals surface area contributed by atoms with Gasteiger partial charge in [-0.3, -0.25) is 14.5 Å². The number of likely N-dealkylation sites (N-methyl/N-ethyl adjacent to an activating group) is 1. The van der Waals surface area contributed by atoms with Gasteiger partial charge in [-0.15, -0.1) is 0 Å². The molecule has 0 aromatic heterocycles. The number of nitrogens with zero attached hydrogens (tertiary/aromatic N) is 2. The molecule has 1 fully saturated rings. The fourth-order valence-corrected chi connectivity index (χ4v) is 3.59. The molecule has 1 N–H and O–H groups in total. The second-order valence-corrected chi connectivity index (χ2v) is 7.83. The van der Waals surface area contributed by atoms with E-state index in [1.165, 1.54) is 18.6 Å². The van der Waals surface area contributed by atoms with Crippen molar-refractivity contribution in [2.24, 2.45) is 0 Å². The van der Waals surface area contributed by atoms with E-state index in [1.54, 1.807) is 24.1 Å². The van der Waals surface area contributed by atoms with Crippen molar-refractivity contribution in [3.8, 4) is 0 Å². The summed E-state index contributed by atoms with van der Waals surface area (Å²) >= 11 is 0. The van der Waals surface area contributed by atoms with Crippen molar-refractivity contribution in [2.75, 3.05) is 20.1 Å². The van der Waals surface area contributed by atoms with Crippen LogP contribution in [-0.4, -0.2) is 53.8 Å². The smallest absolute Gasteiger partial charge is 0.237 e. The highest BCUT2D eigenvalue weighted by molar-refractivity contribution is 5.81. The van der Waals surface area contributed by atoms with Crippen molar-refractivity contribution >= 4 is 11.8 Å². The highest BCUT2D eigenvalue weighted by atomic mass is 19.1. The predicted molar refractivity (Wildman–Crippen MR) is 105 cm³/mol. The van der Waals surface area contributed by atoms with Crippen LogP contribution in [0.4, 0.5) is 4.39 Å². The number of hydrogen-bond acceptors (Lipinski definition) is 3. The van der Waals surface area contributed by atoms with Crippen LogP contribution in [0.2, 0.25) is 0 Å². The molecule has 1 aromatic rings. The minimum Gasteiger partial charge on any atom is -0.353 e. The molecule has 2 amide bonds. The average molecular weight is 378 g/mol. The van der Waals surface area contributed by atoms with E-state index in [0.29, 0.717) is 6.54 Å². The largest absolute Gasteiger partial charge is 0.353 e. The number of carbonyl (C=O) groups excluding carboxylic acids is 2. The van der Waals surface area contributed by atoms with Crippen LogP contribution in [0.5, 0.6) is 0 Å². The van der Waals surface area contributed by atoms with Gasteiger partial charge >= 0.3 is 0 Å². The van der Waals surface area contributed by atoms with Crippen LogP contribution in [0.15, 0.2) is 24.3 Å². The SMILES string of the molecule is CC(C)NC(=O)CN(C)CC(=O)N(Cc1ccc(F)cc1)C1CCCCC1. The molecule has 0 spiro atoms. The van der Waals surface area contributed by atoms with E-state index in [1.807, 2.05) is 18.7 Å². The second-order valence-electron chi connectivity index (χ2n) is 7.83. The van der Waals surface area contributed by atoms with Crippen LogP contribution in [0.25, 0.3) is 0 Å². The van der Waals surface area contributed by atoms with Gasteiger partial charge in [0.05, 0.1) is 13.1 Å². The first kappa shape index (κ1) is 21.4. The Kier molecular flexibility index (Phi) is 8.23. The summed E-state index contributed by atoms with van der Waals surface area (Å²) in [6, 6.07) is 6.63. The standard InChI is InChI=1S/C21H32FN3O2/c1-16(2)23-20(26)14-24(3)15-21(27)25(19-7-5-4-6-8-19)13-17-9-11-18(22)12-10-17/h9-12,16,19H,4-8,13-15H2,1-3H3,(H,23,26). The Balaban J connectivity index is 2.01. The van der Waals surface area contributed by atoms with Crippen molar-refractivity contribution in [3.05, 3.63) is 35.6 Å². The van der Waals surface area contributed by atoms with E-state index in [-0.39, 0.29) is 42.8 Å². The molecule has 0 heterocycles. The first-order chi connectivity index (χ1) is 12.8. The van der Waals surface area contributed by atoms with Crippen LogP contribution >= 0.6 is 0 Å². The fraction of sp³-hybridized carbons (Fsp3) is 0.619. The molecule has 2 rings (SSSR count). The second kappa shape index (κ2) is 10.4. The summed E-state index contributed by atoms with van der Waals surface area (Å²) in [5.74, 6) is -0.334. The van der Waals surface area contributed by atoms with E-state index in [9.17, 15) is 14.0 Å². The summed E-state index contributed by atoms with van der Waals surface area (Å²) < 4.78 is 13.2. The van der Waals surface area contributed by atoms with Crippen LogP contribution in [0.1, 0.15) is 51.5 Å². The van der Waals surface area contributed by atoms with Gasteiger partial charge in [-0.25, -0.2) is 4.39 Å². The molecule has 0 radical (unpaired) electrons. The Bertz CT molecular complexity index is 612. The molecular weight excluding hydrogens is 345 g/mol. The molecule has 0 saturated heterocycles. The Labute approximate surface area is 161 Å². The summed E-state index contributed by atoms with van der Waals surface area (Å²) in [7, 11) is 1.79. The Morgan fingerprint density at radius 3 is 2.33 bits per heavy atom. The third kappa shape index (κ3) is 7.29. The van der Waals surface area contributed by atoms with Crippen LogP contribution in [0, 0.1) is 5.82 Å². The molecule has 1 aliphatic carbocycles. The molecule has 0 atom stereocenters. The number of benzene rings is 1. The third-order valence-corrected chi connectivity index (χ3v) is 4.87. The van der Waals surface area contributed by atoms with Gasteiger partial charge in [0.1, 0.15) is 5.82 Å². The lowest BCUT2D eigenvalue weighted by atomic mass is 9.93. The molecule has 1 aromatic carbocycles. The number of hydrogen-bond donors (Lipinski definition) is 1. The fourth-order valence-electron chi connectivity index (χ4n) is 3.59. The Morgan fingerprint density at radius 2 is 1.74 bits per heavy atom. The van der Waals surface area contributed by atoms with Crippen LogP contribution < -0.4 is 5.32 Å². The van der Waals surface area contributed by atoms with Crippen molar-refractivity contribution < 1.29 is 14.0 Å². The minimum atomic E-state index is -0.273. The Morgan fingerprint density at radius 1 is 1.11 bits per heavy atom. The topological polar surface area (TPSA) is 52.7 Å². The van der Waals surface area contributed by atoms with E-state index in [2.05, 4.69) is 5.32 Å². The van der Waals surface area contributed by atoms with Crippen LogP contribution in [0.3, 0.4) is 0 Å². The molecule has 1 saturated carbocycles. The van der Waals surface area contributed by atoms with Crippen molar-refractivity contribution in [1.29, 1.82) is 0 Å². The molecule has 0 bridgehead atoms. The third-order valence-electron chi connectivity index (χ3n) is 4.87. The van der Waals surface area contributed by atoms with Gasteiger partial charge in [-0.1, -0.05) is 31.4 Å². The number of carbonyl (C=O) groups is 2. The van der Waals surface area contributed by atoms with Gasteiger partial charge in [0, 0.05) is 18.6 Å². The Hall–Kier alpha value is -1.95. The maximum atomic E-state index is 13.2. The molecule has 0 unspecified atom stereocenters. The lowest BCUT2D eigenvalue weighted by Crippen LogP contribution is -2.47. The summed E-state index contributed by atoms with van der Waals surface area (Å²) in [5.41, 5.74) is 0.926. The molecule has 6 heteroatoms. The zero-order valence-electron chi connectivity index (χ0n) is 16.7. The summed E-state index contributed by atoms with van der Waals surface area (Å²) in [4.78, 5) is 28.6. The first-order valence-corrected chi connectivity index (χ1v) is 9.87.